The second kappa shape index (κ2) is 15.6. The number of nitrogens with one attached hydrogen (secondary N) is 3. The Labute approximate surface area is 331 Å². The molecule has 306 valence electrons. The van der Waals surface area contributed by atoms with E-state index in [1.807, 2.05) is 42.3 Å². The number of alkyl carbamates (subject to hydrolysis) is 1. The average molecular weight is 807 g/mol. The normalized spacial score (nSPS) is 26.0. The van der Waals surface area contributed by atoms with E-state index in [4.69, 9.17) is 19.2 Å². The molecule has 2 aliphatic heterocycles. The van der Waals surface area contributed by atoms with Crippen LogP contribution in [-0.2, 0) is 29.1 Å². The number of nitrogens with zero attached hydrogens (tertiary/aromatic N) is 5. The number of rotatable bonds is 8. The van der Waals surface area contributed by atoms with Crippen LogP contribution in [-0.4, -0.2) is 125 Å². The highest BCUT2D eigenvalue weighted by atomic mass is 32.2. The van der Waals surface area contributed by atoms with Crippen molar-refractivity contribution in [3.8, 4) is 17.4 Å². The molecule has 0 spiro atoms. The summed E-state index contributed by atoms with van der Waals surface area (Å²) >= 11 is 0. The SMILES string of the molecule is COc1ccc2c(OC3C[C@H]4C(=O)N[C@]5(C(=O)NS(=O)(=O)C6CC6)CC5C=CCCCN(C)C[C@H](NC(=O)OC(C)(C)C)C(=O)N4C3)nc(-n3cccn3)cc2c1. The molecule has 4 aliphatic rings. The number of carbonyl (C=O) groups excluding carboxylic acids is 4. The van der Waals surface area contributed by atoms with E-state index in [0.29, 0.717) is 49.2 Å². The third kappa shape index (κ3) is 9.01. The Morgan fingerprint density at radius 1 is 1.11 bits per heavy atom. The molecule has 0 bridgehead atoms. The minimum Gasteiger partial charge on any atom is -0.497 e. The maximum absolute atomic E-state index is 14.7. The highest BCUT2D eigenvalue weighted by molar-refractivity contribution is 7.91. The van der Waals surface area contributed by atoms with Crippen molar-refractivity contribution in [2.24, 2.45) is 5.92 Å². The third-order valence-corrected chi connectivity index (χ3v) is 12.4. The van der Waals surface area contributed by atoms with Crippen LogP contribution in [0, 0.1) is 5.92 Å². The van der Waals surface area contributed by atoms with Gasteiger partial charge in [0.2, 0.25) is 27.7 Å². The lowest BCUT2D eigenvalue weighted by Crippen LogP contribution is -2.59. The Hall–Kier alpha value is -5.23. The maximum atomic E-state index is 14.7. The minimum absolute atomic E-state index is 0.00350. The number of hydrogen-bond acceptors (Lipinski definition) is 12. The standard InChI is InChI=1S/C39H50N8O9S/c1-38(2,3)56-37(51)41-30-23-45(4)16-8-6-7-10-25-21-39(25,36(50)44-57(52,53)28-12-13-28)43-33(48)31-20-27(22-46(31)35(30)49)55-34-29-14-11-26(54-5)18-24(29)19-32(42-34)47-17-9-15-40-47/h7,9-11,14-15,17-19,25,27-28,30-31H,6,8,12-13,16,20-23H2,1-5H3,(H,41,51)(H,43,48)(H,44,50)/t25?,27?,30-,31-,39+/m0/s1. The van der Waals surface area contributed by atoms with Gasteiger partial charge in [0.25, 0.3) is 5.91 Å². The van der Waals surface area contributed by atoms with Crippen LogP contribution in [0.15, 0.2) is 54.9 Å². The molecule has 3 N–H and O–H groups in total. The number of likely N-dealkylation sites (N-methyl/N-ethyl adjacent to an activating group) is 1. The molecule has 5 atom stereocenters. The summed E-state index contributed by atoms with van der Waals surface area (Å²) in [5.74, 6) is -1.17. The van der Waals surface area contributed by atoms with E-state index in [0.717, 1.165) is 5.39 Å². The van der Waals surface area contributed by atoms with Crippen molar-refractivity contribution in [3.63, 3.8) is 0 Å². The molecule has 1 saturated heterocycles. The maximum Gasteiger partial charge on any atom is 0.408 e. The zero-order valence-corrected chi connectivity index (χ0v) is 33.6. The molecule has 0 radical (unpaired) electrons. The Balaban J connectivity index is 1.24. The number of allylic oxidation sites excluding steroid dienone is 1. The van der Waals surface area contributed by atoms with Crippen molar-refractivity contribution >= 4 is 44.6 Å². The van der Waals surface area contributed by atoms with E-state index in [9.17, 15) is 27.6 Å². The van der Waals surface area contributed by atoms with Gasteiger partial charge in [0.15, 0.2) is 5.82 Å². The van der Waals surface area contributed by atoms with Gasteiger partial charge in [-0.15, -0.1) is 0 Å². The van der Waals surface area contributed by atoms with Crippen LogP contribution >= 0.6 is 0 Å². The highest BCUT2D eigenvalue weighted by Crippen LogP contribution is 2.46. The van der Waals surface area contributed by atoms with Crippen LogP contribution in [0.25, 0.3) is 16.6 Å². The predicted molar refractivity (Wildman–Crippen MR) is 208 cm³/mol. The van der Waals surface area contributed by atoms with Gasteiger partial charge in [-0.25, -0.2) is 17.9 Å². The fourth-order valence-corrected chi connectivity index (χ4v) is 8.77. The molecule has 1 aromatic carbocycles. The number of ether oxygens (including phenoxy) is 3. The zero-order chi connectivity index (χ0) is 40.7. The summed E-state index contributed by atoms with van der Waals surface area (Å²) in [6.45, 7) is 5.77. The molecule has 18 heteroatoms. The number of hydrogen-bond donors (Lipinski definition) is 3. The molecule has 3 fully saturated rings. The van der Waals surface area contributed by atoms with E-state index in [2.05, 4.69) is 20.5 Å². The topological polar surface area (TPSA) is 203 Å². The molecule has 2 saturated carbocycles. The fourth-order valence-electron chi connectivity index (χ4n) is 7.41. The molecular weight excluding hydrogens is 757 g/mol. The van der Waals surface area contributed by atoms with E-state index in [-0.39, 0.29) is 31.8 Å². The summed E-state index contributed by atoms with van der Waals surface area (Å²) in [6.07, 6.45) is 8.00. The van der Waals surface area contributed by atoms with Crippen LogP contribution in [0.4, 0.5) is 4.79 Å². The number of aromatic nitrogens is 3. The fraction of sp³-hybridized carbons (Fsp3) is 0.538. The molecule has 2 unspecified atom stereocenters. The van der Waals surface area contributed by atoms with Crippen LogP contribution in [0.2, 0.25) is 0 Å². The average Bonchev–Trinajstić information content (AvgIpc) is 4.01. The van der Waals surface area contributed by atoms with Crippen molar-refractivity contribution < 1.29 is 41.8 Å². The zero-order valence-electron chi connectivity index (χ0n) is 32.8. The molecule has 17 nitrogen and oxygen atoms in total. The number of sulfonamides is 1. The van der Waals surface area contributed by atoms with Crippen molar-refractivity contribution in [1.29, 1.82) is 0 Å². The van der Waals surface area contributed by atoms with Crippen LogP contribution < -0.4 is 24.8 Å². The van der Waals surface area contributed by atoms with Crippen molar-refractivity contribution in [1.82, 2.24) is 39.9 Å². The third-order valence-electron chi connectivity index (χ3n) is 10.6. The van der Waals surface area contributed by atoms with Gasteiger partial charge in [0, 0.05) is 36.7 Å². The first kappa shape index (κ1) is 40.0. The van der Waals surface area contributed by atoms with Crippen LogP contribution in [0.3, 0.4) is 0 Å². The van der Waals surface area contributed by atoms with Gasteiger partial charge in [-0.2, -0.15) is 10.1 Å². The quantitative estimate of drug-likeness (QED) is 0.281. The van der Waals surface area contributed by atoms with E-state index < -0.39 is 74.3 Å². The molecule has 57 heavy (non-hydrogen) atoms. The summed E-state index contributed by atoms with van der Waals surface area (Å²) in [7, 11) is -0.510. The lowest BCUT2D eigenvalue weighted by molar-refractivity contribution is -0.141. The van der Waals surface area contributed by atoms with E-state index >= 15 is 0 Å². The Kier molecular flexibility index (Phi) is 10.9. The van der Waals surface area contributed by atoms with Gasteiger partial charge >= 0.3 is 6.09 Å². The van der Waals surface area contributed by atoms with Gasteiger partial charge < -0.3 is 34.6 Å². The molecule has 3 aromatic rings. The highest BCUT2D eigenvalue weighted by Gasteiger charge is 2.62. The molecule has 7 rings (SSSR count). The van der Waals surface area contributed by atoms with Crippen molar-refractivity contribution in [3.05, 3.63) is 54.9 Å². The van der Waals surface area contributed by atoms with Gasteiger partial charge in [-0.1, -0.05) is 12.2 Å². The number of carbonyl (C=O) groups is 4. The van der Waals surface area contributed by atoms with Crippen LogP contribution in [0.5, 0.6) is 11.6 Å². The number of amides is 4. The summed E-state index contributed by atoms with van der Waals surface area (Å²) in [5, 5.41) is 10.7. The largest absolute Gasteiger partial charge is 0.497 e. The molecular formula is C39H50N8O9S. The monoisotopic (exact) mass is 806 g/mol. The van der Waals surface area contributed by atoms with E-state index in [1.54, 1.807) is 57.1 Å². The number of benzene rings is 1. The first-order valence-corrected chi connectivity index (χ1v) is 20.8. The minimum atomic E-state index is -3.92. The van der Waals surface area contributed by atoms with Crippen LogP contribution in [0.1, 0.15) is 59.3 Å². The number of methoxy groups -OCH3 is 1. The lowest BCUT2D eigenvalue weighted by atomic mass is 10.1. The Morgan fingerprint density at radius 2 is 1.89 bits per heavy atom. The van der Waals surface area contributed by atoms with Gasteiger partial charge in [0.1, 0.15) is 35.1 Å². The second-order valence-corrected chi connectivity index (χ2v) is 18.2. The molecule has 2 aromatic heterocycles. The van der Waals surface area contributed by atoms with Crippen molar-refractivity contribution in [2.75, 3.05) is 33.8 Å². The summed E-state index contributed by atoms with van der Waals surface area (Å²) < 4.78 is 47.2. The first-order valence-electron chi connectivity index (χ1n) is 19.2. The second-order valence-electron chi connectivity index (χ2n) is 16.3. The predicted octanol–water partition coefficient (Wildman–Crippen LogP) is 2.44. The molecule has 2 aliphatic carbocycles. The smallest absolute Gasteiger partial charge is 0.408 e. The Morgan fingerprint density at radius 3 is 2.60 bits per heavy atom. The molecule has 4 heterocycles. The van der Waals surface area contributed by atoms with Crippen molar-refractivity contribution in [2.45, 2.75) is 93.9 Å². The summed E-state index contributed by atoms with van der Waals surface area (Å²) in [6, 6.07) is 6.73. The number of fused-ring (bicyclic) bond motifs is 3. The van der Waals surface area contributed by atoms with Gasteiger partial charge in [0.05, 0.1) is 18.9 Å². The lowest BCUT2D eigenvalue weighted by Gasteiger charge is -2.32. The van der Waals surface area contributed by atoms with E-state index in [1.165, 1.54) is 4.90 Å². The Bertz CT molecular complexity index is 2170. The molecule has 4 amide bonds. The van der Waals surface area contributed by atoms with Gasteiger partial charge in [-0.05, 0) is 102 Å². The summed E-state index contributed by atoms with van der Waals surface area (Å²) in [5.41, 5.74) is -2.38. The summed E-state index contributed by atoms with van der Waals surface area (Å²) in [4.78, 5) is 64.2. The van der Waals surface area contributed by atoms with Gasteiger partial charge in [-0.3, -0.25) is 19.1 Å². The first-order chi connectivity index (χ1) is 27.0. The number of pyridine rings is 1.